The fraction of sp³-hybridized carbons (Fsp3) is 0.440. The minimum atomic E-state index is -1.21. The van der Waals surface area contributed by atoms with Crippen LogP contribution in [-0.4, -0.2) is 53.7 Å². The van der Waals surface area contributed by atoms with Crippen molar-refractivity contribution in [3.63, 3.8) is 0 Å². The number of hydrogen-bond donors (Lipinski definition) is 2. The molecule has 1 saturated heterocycles. The summed E-state index contributed by atoms with van der Waals surface area (Å²) in [6, 6.07) is 2.34. The summed E-state index contributed by atoms with van der Waals surface area (Å²) in [7, 11) is 0. The van der Waals surface area contributed by atoms with Gasteiger partial charge in [-0.1, -0.05) is 44.0 Å². The number of fused-ring (bicyclic) bond motifs is 1. The molecule has 1 aromatic heterocycles. The number of benzene rings is 1. The second-order valence-corrected chi connectivity index (χ2v) is 11.5. The average Bonchev–Trinajstić information content (AvgIpc) is 3.33. The first-order valence-corrected chi connectivity index (χ1v) is 13.3. The van der Waals surface area contributed by atoms with E-state index in [0.29, 0.717) is 41.5 Å². The number of thiophene rings is 1. The molecule has 2 aromatic rings. The molecule has 1 atom stereocenters. The number of nitroso groups, excluding NO2 is 1. The predicted octanol–water partition coefficient (Wildman–Crippen LogP) is 4.54. The number of nitrogens with one attached hydrogen (secondary N) is 2. The first kappa shape index (κ1) is 28.7. The van der Waals surface area contributed by atoms with Gasteiger partial charge in [0.15, 0.2) is 0 Å². The number of carbonyl (C=O) groups excluding carboxylic acids is 4. The van der Waals surface area contributed by atoms with Gasteiger partial charge in [-0.05, 0) is 47.4 Å². The van der Waals surface area contributed by atoms with Crippen LogP contribution in [0, 0.1) is 10.3 Å². The lowest BCUT2D eigenvalue weighted by Crippen LogP contribution is -2.54. The van der Waals surface area contributed by atoms with Gasteiger partial charge in [0.1, 0.15) is 6.04 Å². The molecule has 0 saturated carbocycles. The van der Waals surface area contributed by atoms with Crippen LogP contribution in [0.15, 0.2) is 28.8 Å². The topological polar surface area (TPSA) is 125 Å². The fourth-order valence-corrected chi connectivity index (χ4v) is 5.24. The zero-order valence-electron chi connectivity index (χ0n) is 20.7. The van der Waals surface area contributed by atoms with Gasteiger partial charge in [-0.2, -0.15) is 0 Å². The van der Waals surface area contributed by atoms with Gasteiger partial charge >= 0.3 is 0 Å². The molecule has 9 nitrogen and oxygen atoms in total. The molecule has 3 rings (SSSR count). The lowest BCUT2D eigenvalue weighted by Gasteiger charge is -2.33. The molecule has 2 N–H and O–H groups in total. The summed E-state index contributed by atoms with van der Waals surface area (Å²) in [6.07, 6.45) is 3.53. The van der Waals surface area contributed by atoms with Crippen LogP contribution in [0.1, 0.15) is 45.6 Å². The van der Waals surface area contributed by atoms with Crippen molar-refractivity contribution >= 4 is 74.3 Å². The molecular formula is C25H28Cl2N4O5S. The van der Waals surface area contributed by atoms with Gasteiger partial charge in [0, 0.05) is 35.8 Å². The van der Waals surface area contributed by atoms with Gasteiger partial charge in [-0.3, -0.25) is 19.2 Å². The van der Waals surface area contributed by atoms with Crippen LogP contribution in [0.25, 0.3) is 16.2 Å². The van der Waals surface area contributed by atoms with Crippen LogP contribution in [0.5, 0.6) is 0 Å². The molecule has 37 heavy (non-hydrogen) atoms. The zero-order chi connectivity index (χ0) is 27.3. The van der Waals surface area contributed by atoms with Crippen molar-refractivity contribution in [2.75, 3.05) is 13.1 Å². The third kappa shape index (κ3) is 7.37. The minimum absolute atomic E-state index is 0.194. The summed E-state index contributed by atoms with van der Waals surface area (Å²) in [5.74, 6) is -2.23. The quantitative estimate of drug-likeness (QED) is 0.376. The van der Waals surface area contributed by atoms with Crippen molar-refractivity contribution in [2.45, 2.75) is 52.1 Å². The predicted molar refractivity (Wildman–Crippen MR) is 145 cm³/mol. The molecule has 0 bridgehead atoms. The highest BCUT2D eigenvalue weighted by atomic mass is 35.5. The SMILES string of the molecule is CC(C)(C)C(=O)N[C@@H](CC(=O)N=O)C(=O)NC1CCN(C(=O)/C=C/c2cc3ccsc3c(Cl)c2Cl)CC1. The Morgan fingerprint density at radius 3 is 2.49 bits per heavy atom. The van der Waals surface area contributed by atoms with Crippen LogP contribution in [-0.2, 0) is 19.2 Å². The van der Waals surface area contributed by atoms with Crippen molar-refractivity contribution in [3.05, 3.63) is 44.1 Å². The van der Waals surface area contributed by atoms with Gasteiger partial charge in [0.25, 0.3) is 5.91 Å². The van der Waals surface area contributed by atoms with Crippen LogP contribution in [0.2, 0.25) is 10.0 Å². The minimum Gasteiger partial charge on any atom is -0.351 e. The van der Waals surface area contributed by atoms with Crippen molar-refractivity contribution < 1.29 is 19.2 Å². The Hall–Kier alpha value is -2.82. The van der Waals surface area contributed by atoms with Crippen molar-refractivity contribution in [1.29, 1.82) is 0 Å². The summed E-state index contributed by atoms with van der Waals surface area (Å²) >= 11 is 14.2. The van der Waals surface area contributed by atoms with E-state index < -0.39 is 35.6 Å². The molecule has 1 fully saturated rings. The second kappa shape index (κ2) is 12.1. The summed E-state index contributed by atoms with van der Waals surface area (Å²) in [4.78, 5) is 61.6. The molecule has 1 aliphatic heterocycles. The maximum absolute atomic E-state index is 12.8. The highest BCUT2D eigenvalue weighted by molar-refractivity contribution is 7.18. The molecular weight excluding hydrogens is 539 g/mol. The highest BCUT2D eigenvalue weighted by Crippen LogP contribution is 2.37. The first-order chi connectivity index (χ1) is 17.4. The number of hydrogen-bond acceptors (Lipinski definition) is 6. The highest BCUT2D eigenvalue weighted by Gasteiger charge is 2.31. The van der Waals surface area contributed by atoms with E-state index in [2.05, 4.69) is 15.8 Å². The van der Waals surface area contributed by atoms with E-state index in [-0.39, 0.29) is 11.9 Å². The van der Waals surface area contributed by atoms with Gasteiger partial charge in [0.05, 0.1) is 21.2 Å². The molecule has 12 heteroatoms. The standard InChI is InChI=1S/C25H28Cl2N4O5S/c1-25(2,3)24(35)29-17(13-18(32)30-36)23(34)28-16-6-9-31(10-7-16)19(33)5-4-14-12-15-8-11-37-22(15)21(27)20(14)26/h4-5,8,11-12,16-17H,6-7,9-10,13H2,1-3H3,(H,28,34)(H,29,35)/b5-4+/t17-/m0/s1. The van der Waals surface area contributed by atoms with Gasteiger partial charge in [-0.25, -0.2) is 0 Å². The van der Waals surface area contributed by atoms with E-state index in [1.165, 1.54) is 17.4 Å². The third-order valence-electron chi connectivity index (χ3n) is 5.99. The van der Waals surface area contributed by atoms with Gasteiger partial charge < -0.3 is 15.5 Å². The van der Waals surface area contributed by atoms with Crippen LogP contribution in [0.4, 0.5) is 0 Å². The lowest BCUT2D eigenvalue weighted by atomic mass is 9.94. The largest absolute Gasteiger partial charge is 0.351 e. The molecule has 198 valence electrons. The molecule has 1 aliphatic rings. The molecule has 0 unspecified atom stereocenters. The normalized spacial score (nSPS) is 15.5. The Bertz CT molecular complexity index is 1250. The Morgan fingerprint density at radius 1 is 1.19 bits per heavy atom. The van der Waals surface area contributed by atoms with Crippen molar-refractivity contribution in [3.8, 4) is 0 Å². The maximum atomic E-state index is 12.8. The summed E-state index contributed by atoms with van der Waals surface area (Å²) in [6.45, 7) is 5.81. The van der Waals surface area contributed by atoms with Gasteiger partial charge in [0.2, 0.25) is 17.7 Å². The number of likely N-dealkylation sites (tertiary alicyclic amines) is 1. The Kier molecular flexibility index (Phi) is 9.44. The molecule has 1 aromatic carbocycles. The Labute approximate surface area is 228 Å². The second-order valence-electron chi connectivity index (χ2n) is 9.84. The van der Waals surface area contributed by atoms with Crippen LogP contribution < -0.4 is 10.6 Å². The number of nitrogens with zero attached hydrogens (tertiary/aromatic N) is 2. The molecule has 4 amide bonds. The summed E-state index contributed by atoms with van der Waals surface area (Å²) in [5.41, 5.74) is -0.142. The number of piperidine rings is 1. The maximum Gasteiger partial charge on any atom is 0.288 e. The monoisotopic (exact) mass is 566 g/mol. The number of rotatable bonds is 7. The van der Waals surface area contributed by atoms with E-state index in [9.17, 15) is 24.1 Å². The third-order valence-corrected chi connectivity index (χ3v) is 7.94. The Morgan fingerprint density at radius 2 is 1.86 bits per heavy atom. The van der Waals surface area contributed by atoms with Crippen LogP contribution >= 0.6 is 34.5 Å². The summed E-state index contributed by atoms with van der Waals surface area (Å²) < 4.78 is 0.895. The summed E-state index contributed by atoms with van der Waals surface area (Å²) in [5, 5.41) is 11.4. The Balaban J connectivity index is 1.57. The van der Waals surface area contributed by atoms with E-state index >= 15 is 0 Å². The molecule has 0 radical (unpaired) electrons. The number of carbonyl (C=O) groups is 4. The van der Waals surface area contributed by atoms with Crippen LogP contribution in [0.3, 0.4) is 0 Å². The van der Waals surface area contributed by atoms with Gasteiger partial charge in [-0.15, -0.1) is 16.2 Å². The molecule has 0 aliphatic carbocycles. The molecule has 2 heterocycles. The van der Waals surface area contributed by atoms with Crippen molar-refractivity contribution in [2.24, 2.45) is 10.6 Å². The van der Waals surface area contributed by atoms with E-state index in [4.69, 9.17) is 23.2 Å². The lowest BCUT2D eigenvalue weighted by molar-refractivity contribution is -0.135. The fourth-order valence-electron chi connectivity index (χ4n) is 3.80. The average molecular weight is 567 g/mol. The molecule has 0 spiro atoms. The van der Waals surface area contributed by atoms with E-state index in [1.54, 1.807) is 31.7 Å². The smallest absolute Gasteiger partial charge is 0.288 e. The number of amides is 4. The van der Waals surface area contributed by atoms with Crippen molar-refractivity contribution in [1.82, 2.24) is 15.5 Å². The number of halogens is 2. The zero-order valence-corrected chi connectivity index (χ0v) is 23.0. The van der Waals surface area contributed by atoms with E-state index in [1.807, 2.05) is 17.5 Å². The first-order valence-electron chi connectivity index (χ1n) is 11.7. The van der Waals surface area contributed by atoms with E-state index in [0.717, 1.165) is 10.1 Å².